The molecule has 3 rings (SSSR count). The number of aromatic nitrogens is 1. The third-order valence-corrected chi connectivity index (χ3v) is 7.47. The standard InChI is InChI=1S/C27H39BrN4O2/c1-8-32(21-9-11-31(12-10-21)27(5,6)7)24-15-20(28)14-22(19(24)4)25(33)29-16-23-17(2)13-18(3)30-26(23)34/h13-15,21H,8-12,16H2,1-7H3,(H,29,33)(H,30,34). The van der Waals surface area contributed by atoms with Crippen LogP contribution in [0.3, 0.4) is 0 Å². The van der Waals surface area contributed by atoms with Crippen molar-refractivity contribution in [2.75, 3.05) is 24.5 Å². The molecule has 0 spiro atoms. The minimum absolute atomic E-state index is 0.150. The lowest BCUT2D eigenvalue weighted by atomic mass is 9.95. The van der Waals surface area contributed by atoms with Gasteiger partial charge in [-0.2, -0.15) is 0 Å². The molecule has 34 heavy (non-hydrogen) atoms. The molecule has 0 bridgehead atoms. The van der Waals surface area contributed by atoms with Crippen LogP contribution in [0.25, 0.3) is 0 Å². The average molecular weight is 532 g/mol. The Labute approximate surface area is 212 Å². The third-order valence-electron chi connectivity index (χ3n) is 7.01. The van der Waals surface area contributed by atoms with Crippen LogP contribution in [0, 0.1) is 20.8 Å². The summed E-state index contributed by atoms with van der Waals surface area (Å²) in [4.78, 5) is 33.4. The lowest BCUT2D eigenvalue weighted by molar-refractivity contribution is 0.0949. The normalized spacial score (nSPS) is 15.4. The molecule has 6 nitrogen and oxygen atoms in total. The number of anilines is 1. The summed E-state index contributed by atoms with van der Waals surface area (Å²) in [5.74, 6) is -0.168. The van der Waals surface area contributed by atoms with Gasteiger partial charge in [0.25, 0.3) is 11.5 Å². The van der Waals surface area contributed by atoms with E-state index in [0.29, 0.717) is 17.2 Å². The number of carbonyl (C=O) groups is 1. The Morgan fingerprint density at radius 1 is 1.18 bits per heavy atom. The van der Waals surface area contributed by atoms with Crippen LogP contribution in [0.1, 0.15) is 73.3 Å². The van der Waals surface area contributed by atoms with Crippen LogP contribution in [0.5, 0.6) is 0 Å². The van der Waals surface area contributed by atoms with Crippen LogP contribution < -0.4 is 15.8 Å². The predicted octanol–water partition coefficient (Wildman–Crippen LogP) is 5.08. The molecule has 2 N–H and O–H groups in total. The molecular formula is C27H39BrN4O2. The molecule has 0 atom stereocenters. The van der Waals surface area contributed by atoms with Gasteiger partial charge in [-0.05, 0) is 90.6 Å². The Bertz CT molecular complexity index is 1100. The third kappa shape index (κ3) is 5.92. The van der Waals surface area contributed by atoms with Crippen molar-refractivity contribution >= 4 is 27.5 Å². The number of amides is 1. The predicted molar refractivity (Wildman–Crippen MR) is 144 cm³/mol. The van der Waals surface area contributed by atoms with Gasteiger partial charge in [0, 0.05) is 64.7 Å². The average Bonchev–Trinajstić information content (AvgIpc) is 2.75. The van der Waals surface area contributed by atoms with E-state index in [1.807, 2.05) is 32.9 Å². The van der Waals surface area contributed by atoms with Crippen LogP contribution in [-0.2, 0) is 6.54 Å². The molecule has 7 heteroatoms. The number of carbonyl (C=O) groups excluding carboxylic acids is 1. The molecule has 1 saturated heterocycles. The number of pyridine rings is 1. The van der Waals surface area contributed by atoms with E-state index in [1.54, 1.807) is 0 Å². The summed E-state index contributed by atoms with van der Waals surface area (Å²) in [5, 5.41) is 2.97. The smallest absolute Gasteiger partial charge is 0.253 e. The van der Waals surface area contributed by atoms with E-state index in [9.17, 15) is 9.59 Å². The number of rotatable bonds is 6. The molecule has 2 aromatic rings. The van der Waals surface area contributed by atoms with Crippen molar-refractivity contribution in [1.29, 1.82) is 0 Å². The zero-order chi connectivity index (χ0) is 25.2. The maximum absolute atomic E-state index is 13.2. The first-order valence-electron chi connectivity index (χ1n) is 12.2. The van der Waals surface area contributed by atoms with Gasteiger partial charge in [-0.1, -0.05) is 15.9 Å². The summed E-state index contributed by atoms with van der Waals surface area (Å²) in [5.41, 5.74) is 5.03. The van der Waals surface area contributed by atoms with Crippen molar-refractivity contribution in [3.05, 3.63) is 61.0 Å². The minimum Gasteiger partial charge on any atom is -0.368 e. The van der Waals surface area contributed by atoms with Crippen molar-refractivity contribution < 1.29 is 4.79 Å². The second-order valence-electron chi connectivity index (χ2n) is 10.4. The zero-order valence-corrected chi connectivity index (χ0v) is 23.2. The Kier molecular flexibility index (Phi) is 8.30. The van der Waals surface area contributed by atoms with Gasteiger partial charge in [-0.3, -0.25) is 14.5 Å². The second kappa shape index (κ2) is 10.6. The molecule has 186 valence electrons. The van der Waals surface area contributed by atoms with E-state index in [1.165, 1.54) is 0 Å². The highest BCUT2D eigenvalue weighted by molar-refractivity contribution is 9.10. The number of nitrogens with zero attached hydrogens (tertiary/aromatic N) is 2. The van der Waals surface area contributed by atoms with Crippen LogP contribution in [-0.4, -0.2) is 47.0 Å². The molecule has 0 radical (unpaired) electrons. The number of hydrogen-bond donors (Lipinski definition) is 2. The molecule has 0 aliphatic carbocycles. The maximum atomic E-state index is 13.2. The molecule has 0 unspecified atom stereocenters. The SMILES string of the molecule is CCN(c1cc(Br)cc(C(=O)NCc2c(C)cc(C)[nH]c2=O)c1C)C1CCN(C(C)(C)C)CC1. The highest BCUT2D eigenvalue weighted by Gasteiger charge is 2.30. The largest absolute Gasteiger partial charge is 0.368 e. The van der Waals surface area contributed by atoms with Gasteiger partial charge in [0.15, 0.2) is 0 Å². The number of likely N-dealkylation sites (tertiary alicyclic amines) is 1. The fraction of sp³-hybridized carbons (Fsp3) is 0.556. The van der Waals surface area contributed by atoms with Crippen molar-refractivity contribution in [2.24, 2.45) is 0 Å². The Hall–Kier alpha value is -2.12. The van der Waals surface area contributed by atoms with Gasteiger partial charge in [-0.25, -0.2) is 0 Å². The first-order valence-corrected chi connectivity index (χ1v) is 13.0. The first kappa shape index (κ1) is 26.5. The van der Waals surface area contributed by atoms with Gasteiger partial charge in [0.05, 0.1) is 0 Å². The summed E-state index contributed by atoms with van der Waals surface area (Å²) in [6, 6.07) is 6.37. The van der Waals surface area contributed by atoms with E-state index in [4.69, 9.17) is 0 Å². The zero-order valence-electron chi connectivity index (χ0n) is 21.6. The molecule has 1 aromatic heterocycles. The van der Waals surface area contributed by atoms with Crippen LogP contribution in [0.4, 0.5) is 5.69 Å². The first-order chi connectivity index (χ1) is 15.9. The number of aryl methyl sites for hydroxylation is 2. The number of nitrogens with one attached hydrogen (secondary N) is 2. The highest BCUT2D eigenvalue weighted by atomic mass is 79.9. The van der Waals surface area contributed by atoms with Gasteiger partial charge in [0.1, 0.15) is 0 Å². The van der Waals surface area contributed by atoms with E-state index < -0.39 is 0 Å². The van der Waals surface area contributed by atoms with Crippen molar-refractivity contribution in [2.45, 2.75) is 79.4 Å². The number of benzene rings is 1. The molecule has 2 heterocycles. The molecule has 1 fully saturated rings. The quantitative estimate of drug-likeness (QED) is 0.546. The van der Waals surface area contributed by atoms with Crippen molar-refractivity contribution in [1.82, 2.24) is 15.2 Å². The molecule has 1 amide bonds. The number of H-pyrrole nitrogens is 1. The molecule has 1 aromatic carbocycles. The van der Waals surface area contributed by atoms with Gasteiger partial charge in [-0.15, -0.1) is 0 Å². The molecule has 0 saturated carbocycles. The number of hydrogen-bond acceptors (Lipinski definition) is 4. The second-order valence-corrected chi connectivity index (χ2v) is 11.3. The summed E-state index contributed by atoms with van der Waals surface area (Å²) < 4.78 is 0.883. The fourth-order valence-electron chi connectivity index (χ4n) is 5.04. The summed E-state index contributed by atoms with van der Waals surface area (Å²) >= 11 is 3.63. The van der Waals surface area contributed by atoms with Gasteiger partial charge in [0.2, 0.25) is 0 Å². The van der Waals surface area contributed by atoms with Gasteiger partial charge < -0.3 is 15.2 Å². The van der Waals surface area contributed by atoms with Crippen LogP contribution in [0.2, 0.25) is 0 Å². The lowest BCUT2D eigenvalue weighted by Crippen LogP contribution is -2.51. The fourth-order valence-corrected chi connectivity index (χ4v) is 5.48. The number of aromatic amines is 1. The Morgan fingerprint density at radius 2 is 1.82 bits per heavy atom. The molecule has 1 aliphatic heterocycles. The summed E-state index contributed by atoms with van der Waals surface area (Å²) in [6.45, 7) is 18.0. The minimum atomic E-state index is -0.168. The van der Waals surface area contributed by atoms with Crippen molar-refractivity contribution in [3.63, 3.8) is 0 Å². The summed E-state index contributed by atoms with van der Waals surface area (Å²) in [6.07, 6.45) is 2.21. The van der Waals surface area contributed by atoms with Crippen LogP contribution >= 0.6 is 15.9 Å². The summed E-state index contributed by atoms with van der Waals surface area (Å²) in [7, 11) is 0. The Morgan fingerprint density at radius 3 is 2.38 bits per heavy atom. The maximum Gasteiger partial charge on any atom is 0.253 e. The molecule has 1 aliphatic rings. The Balaban J connectivity index is 1.81. The molecular weight excluding hydrogens is 492 g/mol. The van der Waals surface area contributed by atoms with E-state index >= 15 is 0 Å². The van der Waals surface area contributed by atoms with Gasteiger partial charge >= 0.3 is 0 Å². The van der Waals surface area contributed by atoms with E-state index in [-0.39, 0.29) is 23.6 Å². The van der Waals surface area contributed by atoms with E-state index in [2.05, 4.69) is 69.8 Å². The highest BCUT2D eigenvalue weighted by Crippen LogP contribution is 2.33. The number of halogens is 1. The number of piperidine rings is 1. The lowest BCUT2D eigenvalue weighted by Gasteiger charge is -2.44. The van der Waals surface area contributed by atoms with Crippen molar-refractivity contribution in [3.8, 4) is 0 Å². The van der Waals surface area contributed by atoms with E-state index in [0.717, 1.165) is 59.5 Å². The monoisotopic (exact) mass is 530 g/mol. The van der Waals surface area contributed by atoms with Crippen LogP contribution in [0.15, 0.2) is 27.5 Å². The topological polar surface area (TPSA) is 68.4 Å².